The van der Waals surface area contributed by atoms with Gasteiger partial charge in [-0.1, -0.05) is 74.5 Å². The molecule has 0 aliphatic carbocycles. The molecule has 0 saturated carbocycles. The van der Waals surface area contributed by atoms with Gasteiger partial charge in [0.05, 0.1) is 6.04 Å². The minimum Gasteiger partial charge on any atom is -0.343 e. The summed E-state index contributed by atoms with van der Waals surface area (Å²) in [5, 5.41) is 3.21. The van der Waals surface area contributed by atoms with Gasteiger partial charge in [0.1, 0.15) is 12.1 Å². The molecule has 0 radical (unpaired) electrons. The average Bonchev–Trinajstić information content (AvgIpc) is 3.27. The number of nitrogens with zero attached hydrogens (tertiary/aromatic N) is 2. The van der Waals surface area contributed by atoms with Crippen molar-refractivity contribution in [1.29, 1.82) is 0 Å². The van der Waals surface area contributed by atoms with Gasteiger partial charge in [0.25, 0.3) is 0 Å². The molecule has 35 heavy (non-hydrogen) atoms. The summed E-state index contributed by atoms with van der Waals surface area (Å²) in [6.45, 7) is 4.76. The zero-order valence-corrected chi connectivity index (χ0v) is 20.6. The highest BCUT2D eigenvalue weighted by atomic mass is 16.2. The number of nitrogens with two attached hydrogens (primary N) is 1. The van der Waals surface area contributed by atoms with Crippen LogP contribution in [0.25, 0.3) is 0 Å². The summed E-state index contributed by atoms with van der Waals surface area (Å²) in [5.74, 6) is -0.125. The van der Waals surface area contributed by atoms with Crippen molar-refractivity contribution in [2.45, 2.75) is 63.7 Å². The molecule has 2 aromatic carbocycles. The molecule has 2 saturated heterocycles. The molecule has 3 N–H and O–H groups in total. The third-order valence-electron chi connectivity index (χ3n) is 7.01. The molecule has 1 unspecified atom stereocenters. The summed E-state index contributed by atoms with van der Waals surface area (Å²) < 4.78 is 0. The molecule has 0 spiro atoms. The lowest BCUT2D eigenvalue weighted by molar-refractivity contribution is -0.145. The van der Waals surface area contributed by atoms with Crippen LogP contribution in [0.4, 0.5) is 0 Å². The SMILES string of the molecule is CC(C)CC(=O)N1CC[C@H]2CCC(C(=O)NC(c3ccccc3)c3ccccc3)N2C(=O)[C@@H](N)C1. The fourth-order valence-corrected chi connectivity index (χ4v) is 5.25. The molecular weight excluding hydrogens is 440 g/mol. The summed E-state index contributed by atoms with van der Waals surface area (Å²) in [5.41, 5.74) is 8.26. The molecule has 0 aromatic heterocycles. The summed E-state index contributed by atoms with van der Waals surface area (Å²) in [7, 11) is 0. The quantitative estimate of drug-likeness (QED) is 0.670. The van der Waals surface area contributed by atoms with E-state index in [9.17, 15) is 14.4 Å². The van der Waals surface area contributed by atoms with Crippen LogP contribution >= 0.6 is 0 Å². The molecule has 2 aliphatic heterocycles. The van der Waals surface area contributed by atoms with Crippen molar-refractivity contribution >= 4 is 17.7 Å². The first-order valence-corrected chi connectivity index (χ1v) is 12.6. The van der Waals surface area contributed by atoms with Crippen molar-refractivity contribution in [1.82, 2.24) is 15.1 Å². The first-order chi connectivity index (χ1) is 16.8. The van der Waals surface area contributed by atoms with Crippen LogP contribution in [0.15, 0.2) is 60.7 Å². The van der Waals surface area contributed by atoms with Crippen LogP contribution in [0.1, 0.15) is 56.7 Å². The van der Waals surface area contributed by atoms with E-state index in [1.807, 2.05) is 74.5 Å². The predicted molar refractivity (Wildman–Crippen MR) is 135 cm³/mol. The lowest BCUT2D eigenvalue weighted by Crippen LogP contribution is -2.59. The molecule has 7 nitrogen and oxygen atoms in total. The van der Waals surface area contributed by atoms with E-state index in [2.05, 4.69) is 5.32 Å². The van der Waals surface area contributed by atoms with Gasteiger partial charge < -0.3 is 20.9 Å². The minimum absolute atomic E-state index is 0.0394. The topological polar surface area (TPSA) is 95.7 Å². The molecule has 3 amide bonds. The maximum absolute atomic E-state index is 13.6. The summed E-state index contributed by atoms with van der Waals surface area (Å²) >= 11 is 0. The normalized spacial score (nSPS) is 22.7. The second kappa shape index (κ2) is 11.0. The Bertz CT molecular complexity index is 988. The van der Waals surface area contributed by atoms with Gasteiger partial charge in [-0.15, -0.1) is 0 Å². The molecule has 2 aromatic rings. The third kappa shape index (κ3) is 5.73. The number of hydrogen-bond donors (Lipinski definition) is 2. The summed E-state index contributed by atoms with van der Waals surface area (Å²) in [6.07, 6.45) is 2.42. The van der Waals surface area contributed by atoms with Crippen molar-refractivity contribution < 1.29 is 14.4 Å². The van der Waals surface area contributed by atoms with Crippen LogP contribution < -0.4 is 11.1 Å². The van der Waals surface area contributed by atoms with Crippen molar-refractivity contribution in [3.05, 3.63) is 71.8 Å². The van der Waals surface area contributed by atoms with Gasteiger partial charge in [0.2, 0.25) is 17.7 Å². The molecule has 2 heterocycles. The van der Waals surface area contributed by atoms with Crippen LogP contribution in [-0.2, 0) is 14.4 Å². The number of carbonyl (C=O) groups is 3. The van der Waals surface area contributed by atoms with E-state index in [1.54, 1.807) is 9.80 Å². The van der Waals surface area contributed by atoms with Gasteiger partial charge in [-0.2, -0.15) is 0 Å². The van der Waals surface area contributed by atoms with E-state index in [0.29, 0.717) is 25.8 Å². The standard InChI is InChI=1S/C28H36N4O3/c1-19(2)17-25(33)31-16-15-22-13-14-24(32(22)28(35)23(29)18-31)27(34)30-26(20-9-5-3-6-10-20)21-11-7-4-8-12-21/h3-12,19,22-24,26H,13-18,29H2,1-2H3,(H,30,34)/t22-,23+,24?/m1/s1. The Hall–Kier alpha value is -3.19. The van der Waals surface area contributed by atoms with Crippen LogP contribution in [0.3, 0.4) is 0 Å². The largest absolute Gasteiger partial charge is 0.343 e. The lowest BCUT2D eigenvalue weighted by atomic mass is 9.98. The van der Waals surface area contributed by atoms with E-state index in [4.69, 9.17) is 5.73 Å². The number of hydrogen-bond acceptors (Lipinski definition) is 4. The van der Waals surface area contributed by atoms with Gasteiger partial charge in [-0.25, -0.2) is 0 Å². The fourth-order valence-electron chi connectivity index (χ4n) is 5.25. The number of carbonyl (C=O) groups excluding carboxylic acids is 3. The smallest absolute Gasteiger partial charge is 0.243 e. The van der Waals surface area contributed by atoms with E-state index < -0.39 is 12.1 Å². The molecular formula is C28H36N4O3. The monoisotopic (exact) mass is 476 g/mol. The highest BCUT2D eigenvalue weighted by molar-refractivity contribution is 5.91. The highest BCUT2D eigenvalue weighted by Gasteiger charge is 2.44. The lowest BCUT2D eigenvalue weighted by Gasteiger charge is -2.38. The molecule has 3 atom stereocenters. The average molecular weight is 477 g/mol. The molecule has 4 rings (SSSR count). The van der Waals surface area contributed by atoms with Gasteiger partial charge in [-0.05, 0) is 36.3 Å². The first kappa shape index (κ1) is 24.9. The van der Waals surface area contributed by atoms with E-state index in [0.717, 1.165) is 17.5 Å². The second-order valence-corrected chi connectivity index (χ2v) is 10.1. The fraction of sp³-hybridized carbons (Fsp3) is 0.464. The number of fused-ring (bicyclic) bond motifs is 1. The summed E-state index contributed by atoms with van der Waals surface area (Å²) in [4.78, 5) is 43.1. The van der Waals surface area contributed by atoms with Gasteiger partial charge in [-0.3, -0.25) is 14.4 Å². The Morgan fingerprint density at radius 2 is 1.57 bits per heavy atom. The van der Waals surface area contributed by atoms with E-state index >= 15 is 0 Å². The Morgan fingerprint density at radius 3 is 2.14 bits per heavy atom. The van der Waals surface area contributed by atoms with Crippen molar-refractivity contribution in [2.75, 3.05) is 13.1 Å². The molecule has 186 valence electrons. The number of benzene rings is 2. The maximum atomic E-state index is 13.6. The van der Waals surface area contributed by atoms with E-state index in [-0.39, 0.29) is 42.3 Å². The Balaban J connectivity index is 1.51. The van der Waals surface area contributed by atoms with Gasteiger partial charge in [0.15, 0.2) is 0 Å². The maximum Gasteiger partial charge on any atom is 0.243 e. The third-order valence-corrected chi connectivity index (χ3v) is 7.01. The molecule has 7 heteroatoms. The van der Waals surface area contributed by atoms with Crippen LogP contribution in [0, 0.1) is 5.92 Å². The Kier molecular flexibility index (Phi) is 7.86. The summed E-state index contributed by atoms with van der Waals surface area (Å²) in [6, 6.07) is 17.9. The number of amides is 3. The highest BCUT2D eigenvalue weighted by Crippen LogP contribution is 2.31. The Labute approximate surface area is 207 Å². The number of rotatable bonds is 6. The second-order valence-electron chi connectivity index (χ2n) is 10.1. The Morgan fingerprint density at radius 1 is 0.971 bits per heavy atom. The zero-order valence-electron chi connectivity index (χ0n) is 20.6. The number of nitrogens with one attached hydrogen (secondary N) is 1. The van der Waals surface area contributed by atoms with Crippen molar-refractivity contribution in [3.8, 4) is 0 Å². The molecule has 2 fully saturated rings. The first-order valence-electron chi connectivity index (χ1n) is 12.6. The van der Waals surface area contributed by atoms with Crippen molar-refractivity contribution in [2.24, 2.45) is 11.7 Å². The minimum atomic E-state index is -0.832. The van der Waals surface area contributed by atoms with Crippen LogP contribution in [0.5, 0.6) is 0 Å². The van der Waals surface area contributed by atoms with Gasteiger partial charge >= 0.3 is 0 Å². The molecule has 2 aliphatic rings. The van der Waals surface area contributed by atoms with Crippen LogP contribution in [-0.4, -0.2) is 58.7 Å². The molecule has 0 bridgehead atoms. The van der Waals surface area contributed by atoms with Gasteiger partial charge in [0, 0.05) is 25.6 Å². The zero-order chi connectivity index (χ0) is 24.9. The van der Waals surface area contributed by atoms with E-state index in [1.165, 1.54) is 0 Å². The predicted octanol–water partition coefficient (Wildman–Crippen LogP) is 2.86. The van der Waals surface area contributed by atoms with Crippen molar-refractivity contribution in [3.63, 3.8) is 0 Å². The van der Waals surface area contributed by atoms with Crippen LogP contribution in [0.2, 0.25) is 0 Å².